The van der Waals surface area contributed by atoms with Gasteiger partial charge in [-0.25, -0.2) is 14.6 Å². The molecule has 11 heteroatoms. The van der Waals surface area contributed by atoms with E-state index >= 15 is 0 Å². The Kier molecular flexibility index (Phi) is 6.78. The first-order valence-corrected chi connectivity index (χ1v) is 11.7. The van der Waals surface area contributed by atoms with Crippen LogP contribution in [0.4, 0.5) is 19.0 Å². The van der Waals surface area contributed by atoms with Crippen molar-refractivity contribution in [3.63, 3.8) is 0 Å². The molecule has 1 amide bonds. The molecule has 0 atom stereocenters. The second-order valence-corrected chi connectivity index (χ2v) is 9.67. The van der Waals surface area contributed by atoms with E-state index in [0.717, 1.165) is 49.3 Å². The Morgan fingerprint density at radius 2 is 1.97 bits per heavy atom. The zero-order valence-electron chi connectivity index (χ0n) is 18.4. The van der Waals surface area contributed by atoms with Gasteiger partial charge < -0.3 is 10.2 Å². The fraction of sp³-hybridized carbons (Fsp3) is 0.455. The second kappa shape index (κ2) is 9.58. The van der Waals surface area contributed by atoms with E-state index in [1.807, 2.05) is 0 Å². The summed E-state index contributed by atoms with van der Waals surface area (Å²) >= 11 is 1.58. The number of nitrogens with one attached hydrogen (secondary N) is 1. The fourth-order valence-corrected chi connectivity index (χ4v) is 4.43. The molecule has 0 bridgehead atoms. The standard InChI is InChI=1S/C22H25F3N6OS/c1-14(2)33-21-28-18(30-9-3-4-10-30)17-13-27-31(19(17)29-21)11-8-26-20(32)15-6-5-7-16(12-15)22(23,24)25/h5-7,12-14H,3-4,8-11H2,1-2H3,(H,26,32). The van der Waals surface area contributed by atoms with E-state index in [4.69, 9.17) is 4.98 Å². The topological polar surface area (TPSA) is 75.9 Å². The maximum atomic E-state index is 12.9. The number of fused-ring (bicyclic) bond motifs is 1. The molecule has 1 saturated heterocycles. The van der Waals surface area contributed by atoms with Crippen molar-refractivity contribution in [2.45, 2.75) is 49.8 Å². The molecule has 4 rings (SSSR count). The van der Waals surface area contributed by atoms with Crippen molar-refractivity contribution in [3.05, 3.63) is 41.6 Å². The van der Waals surface area contributed by atoms with Crippen LogP contribution in [0.1, 0.15) is 42.6 Å². The number of rotatable bonds is 7. The van der Waals surface area contributed by atoms with Gasteiger partial charge in [0.25, 0.3) is 5.91 Å². The summed E-state index contributed by atoms with van der Waals surface area (Å²) < 4.78 is 40.4. The van der Waals surface area contributed by atoms with Gasteiger partial charge in [-0.05, 0) is 31.0 Å². The largest absolute Gasteiger partial charge is 0.416 e. The second-order valence-electron chi connectivity index (χ2n) is 8.13. The lowest BCUT2D eigenvalue weighted by Gasteiger charge is -2.18. The van der Waals surface area contributed by atoms with E-state index < -0.39 is 17.6 Å². The first-order chi connectivity index (χ1) is 15.7. The van der Waals surface area contributed by atoms with Crippen LogP contribution in [0.2, 0.25) is 0 Å². The van der Waals surface area contributed by atoms with Crippen LogP contribution in [0.3, 0.4) is 0 Å². The van der Waals surface area contributed by atoms with Crippen LogP contribution in [0.25, 0.3) is 11.0 Å². The number of aromatic nitrogens is 4. The lowest BCUT2D eigenvalue weighted by molar-refractivity contribution is -0.137. The van der Waals surface area contributed by atoms with E-state index in [-0.39, 0.29) is 12.1 Å². The third kappa shape index (κ3) is 5.40. The predicted molar refractivity (Wildman–Crippen MR) is 122 cm³/mol. The quantitative estimate of drug-likeness (QED) is 0.401. The highest BCUT2D eigenvalue weighted by atomic mass is 32.2. The van der Waals surface area contributed by atoms with Crippen molar-refractivity contribution in [2.75, 3.05) is 24.5 Å². The number of hydrogen-bond acceptors (Lipinski definition) is 6. The minimum atomic E-state index is -4.50. The monoisotopic (exact) mass is 478 g/mol. The predicted octanol–water partition coefficient (Wildman–Crippen LogP) is 4.38. The van der Waals surface area contributed by atoms with Crippen molar-refractivity contribution in [3.8, 4) is 0 Å². The molecule has 3 aromatic rings. The number of carbonyl (C=O) groups is 1. The van der Waals surface area contributed by atoms with Gasteiger partial charge >= 0.3 is 6.18 Å². The Labute approximate surface area is 193 Å². The molecule has 176 valence electrons. The highest BCUT2D eigenvalue weighted by Gasteiger charge is 2.31. The van der Waals surface area contributed by atoms with Crippen LogP contribution in [-0.2, 0) is 12.7 Å². The maximum absolute atomic E-state index is 12.9. The van der Waals surface area contributed by atoms with Gasteiger partial charge in [0.1, 0.15) is 5.82 Å². The SMILES string of the molecule is CC(C)Sc1nc(N2CCCC2)c2cnn(CCNC(=O)c3cccc(C(F)(F)F)c3)c2n1. The van der Waals surface area contributed by atoms with Crippen LogP contribution < -0.4 is 10.2 Å². The molecular formula is C22H25F3N6OS. The molecule has 1 aliphatic heterocycles. The van der Waals surface area contributed by atoms with Crippen molar-refractivity contribution >= 4 is 34.5 Å². The normalized spacial score (nSPS) is 14.4. The molecule has 0 saturated carbocycles. The molecule has 1 aromatic carbocycles. The van der Waals surface area contributed by atoms with Crippen molar-refractivity contribution < 1.29 is 18.0 Å². The van der Waals surface area contributed by atoms with Crippen LogP contribution in [-0.4, -0.2) is 50.5 Å². The van der Waals surface area contributed by atoms with Gasteiger partial charge in [0.15, 0.2) is 10.8 Å². The van der Waals surface area contributed by atoms with Gasteiger partial charge in [-0.1, -0.05) is 31.7 Å². The van der Waals surface area contributed by atoms with Crippen LogP contribution in [0.5, 0.6) is 0 Å². The molecule has 1 aliphatic rings. The summed E-state index contributed by atoms with van der Waals surface area (Å²) in [5.74, 6) is 0.306. The number of hydrogen-bond donors (Lipinski definition) is 1. The fourth-order valence-electron chi connectivity index (χ4n) is 3.73. The number of halogens is 3. The lowest BCUT2D eigenvalue weighted by Crippen LogP contribution is -2.28. The zero-order valence-corrected chi connectivity index (χ0v) is 19.2. The lowest BCUT2D eigenvalue weighted by atomic mass is 10.1. The van der Waals surface area contributed by atoms with Crippen LogP contribution in [0.15, 0.2) is 35.6 Å². The minimum absolute atomic E-state index is 0.0376. The molecule has 33 heavy (non-hydrogen) atoms. The van der Waals surface area contributed by atoms with E-state index in [9.17, 15) is 18.0 Å². The van der Waals surface area contributed by atoms with Crippen LogP contribution >= 0.6 is 11.8 Å². The Morgan fingerprint density at radius 3 is 2.67 bits per heavy atom. The molecule has 0 unspecified atom stereocenters. The number of alkyl halides is 3. The van der Waals surface area contributed by atoms with E-state index in [2.05, 4.69) is 34.1 Å². The summed E-state index contributed by atoms with van der Waals surface area (Å²) in [6, 6.07) is 4.38. The van der Waals surface area contributed by atoms with Crippen LogP contribution in [0, 0.1) is 0 Å². The van der Waals surface area contributed by atoms with Gasteiger partial charge in [0.05, 0.1) is 23.7 Å². The third-order valence-corrected chi connectivity index (χ3v) is 6.13. The van der Waals surface area contributed by atoms with E-state index in [0.29, 0.717) is 22.6 Å². The average molecular weight is 479 g/mol. The summed E-state index contributed by atoms with van der Waals surface area (Å²) in [4.78, 5) is 24.1. The summed E-state index contributed by atoms with van der Waals surface area (Å²) in [6.45, 7) is 6.56. The maximum Gasteiger partial charge on any atom is 0.416 e. The summed E-state index contributed by atoms with van der Waals surface area (Å²) in [5.41, 5.74) is -0.206. The summed E-state index contributed by atoms with van der Waals surface area (Å²) in [7, 11) is 0. The summed E-state index contributed by atoms with van der Waals surface area (Å²) in [6.07, 6.45) is -0.522. The molecule has 0 spiro atoms. The first kappa shape index (κ1) is 23.3. The number of anilines is 1. The average Bonchev–Trinajstić information content (AvgIpc) is 3.43. The highest BCUT2D eigenvalue weighted by molar-refractivity contribution is 7.99. The number of thioether (sulfide) groups is 1. The first-order valence-electron chi connectivity index (χ1n) is 10.8. The number of benzene rings is 1. The van der Waals surface area contributed by atoms with Gasteiger partial charge in [0, 0.05) is 30.4 Å². The Bertz CT molecular complexity index is 1140. The highest BCUT2D eigenvalue weighted by Crippen LogP contribution is 2.31. The van der Waals surface area contributed by atoms with E-state index in [1.165, 1.54) is 12.1 Å². The Morgan fingerprint density at radius 1 is 1.21 bits per heavy atom. The smallest absolute Gasteiger partial charge is 0.356 e. The number of nitrogens with zero attached hydrogens (tertiary/aromatic N) is 5. The molecule has 1 N–H and O–H groups in total. The van der Waals surface area contributed by atoms with Gasteiger partial charge in [-0.15, -0.1) is 0 Å². The van der Waals surface area contributed by atoms with E-state index in [1.54, 1.807) is 22.6 Å². The molecular weight excluding hydrogens is 453 g/mol. The third-order valence-electron chi connectivity index (χ3n) is 5.26. The molecule has 1 fully saturated rings. The number of amides is 1. The molecule has 0 aliphatic carbocycles. The van der Waals surface area contributed by atoms with Crippen molar-refractivity contribution in [2.24, 2.45) is 0 Å². The molecule has 0 radical (unpaired) electrons. The van der Waals surface area contributed by atoms with Gasteiger partial charge in [-0.2, -0.15) is 18.3 Å². The summed E-state index contributed by atoms with van der Waals surface area (Å²) in [5, 5.41) is 8.96. The zero-order chi connectivity index (χ0) is 23.6. The van der Waals surface area contributed by atoms with Crippen molar-refractivity contribution in [1.82, 2.24) is 25.1 Å². The van der Waals surface area contributed by atoms with Gasteiger partial charge in [-0.3, -0.25) is 4.79 Å². The van der Waals surface area contributed by atoms with Crippen molar-refractivity contribution in [1.29, 1.82) is 0 Å². The minimum Gasteiger partial charge on any atom is -0.356 e. The molecule has 2 aromatic heterocycles. The Balaban J connectivity index is 1.51. The number of carbonyl (C=O) groups excluding carboxylic acids is 1. The molecule has 7 nitrogen and oxygen atoms in total. The molecule has 3 heterocycles. The Hall–Kier alpha value is -2.82. The van der Waals surface area contributed by atoms with Gasteiger partial charge in [0.2, 0.25) is 0 Å².